The maximum atomic E-state index is 5.84. The average Bonchev–Trinajstić information content (AvgIpc) is 3.35. The molecule has 7 rings (SSSR count). The molecule has 2 bridgehead atoms. The molecule has 0 radical (unpaired) electrons. The van der Waals surface area contributed by atoms with Crippen molar-refractivity contribution in [2.75, 3.05) is 26.7 Å². The zero-order valence-corrected chi connectivity index (χ0v) is 15.0. The van der Waals surface area contributed by atoms with Gasteiger partial charge >= 0.3 is 0 Å². The molecule has 3 saturated heterocycles. The van der Waals surface area contributed by atoms with E-state index in [2.05, 4.69) is 39.0 Å². The predicted octanol–water partition coefficient (Wildman–Crippen LogP) is 3.63. The van der Waals surface area contributed by atoms with E-state index >= 15 is 0 Å². The molecule has 0 aliphatic carbocycles. The molecule has 0 saturated carbocycles. The van der Waals surface area contributed by atoms with E-state index < -0.39 is 0 Å². The van der Waals surface area contributed by atoms with Crippen molar-refractivity contribution in [3.8, 4) is 5.75 Å². The molecule has 26 heavy (non-hydrogen) atoms. The maximum absolute atomic E-state index is 5.84. The highest BCUT2D eigenvalue weighted by Crippen LogP contribution is 2.54. The number of benzene rings is 1. The average molecular weight is 349 g/mol. The molecule has 1 spiro atoms. The van der Waals surface area contributed by atoms with Gasteiger partial charge in [0.1, 0.15) is 17.7 Å². The molecule has 134 valence electrons. The number of nitrogens with zero attached hydrogens (tertiary/aromatic N) is 2. The van der Waals surface area contributed by atoms with Crippen LogP contribution < -0.4 is 4.74 Å². The number of nitrogens with one attached hydrogen (secondary N) is 1. The fourth-order valence-corrected chi connectivity index (χ4v) is 5.60. The Morgan fingerprint density at radius 2 is 2.08 bits per heavy atom. The van der Waals surface area contributed by atoms with E-state index in [1.165, 1.54) is 35.0 Å². The highest BCUT2D eigenvalue weighted by molar-refractivity contribution is 5.87. The van der Waals surface area contributed by atoms with E-state index in [1.807, 2.05) is 6.07 Å². The molecule has 1 aromatic carbocycles. The van der Waals surface area contributed by atoms with Gasteiger partial charge in [0.25, 0.3) is 0 Å². The van der Waals surface area contributed by atoms with Gasteiger partial charge in [-0.1, -0.05) is 0 Å². The topological polar surface area (TPSA) is 44.6 Å². The Morgan fingerprint density at radius 3 is 2.85 bits per heavy atom. The van der Waals surface area contributed by atoms with Crippen molar-refractivity contribution in [2.45, 2.75) is 31.0 Å². The summed E-state index contributed by atoms with van der Waals surface area (Å²) in [5.41, 5.74) is 4.26. The van der Waals surface area contributed by atoms with Gasteiger partial charge in [0.15, 0.2) is 0 Å². The molecule has 0 unspecified atom stereocenters. The highest BCUT2D eigenvalue weighted by atomic mass is 16.5. The minimum Gasteiger partial charge on any atom is -0.497 e. The van der Waals surface area contributed by atoms with Crippen LogP contribution in [0, 0.1) is 0 Å². The molecule has 2 aromatic heterocycles. The molecule has 1 atom stereocenters. The number of rotatable bonds is 2. The Morgan fingerprint density at radius 1 is 1.19 bits per heavy atom. The second-order valence-corrected chi connectivity index (χ2v) is 7.79. The van der Waals surface area contributed by atoms with E-state index in [-0.39, 0.29) is 11.7 Å². The summed E-state index contributed by atoms with van der Waals surface area (Å²) in [5.74, 6) is 2.01. The van der Waals surface area contributed by atoms with Crippen LogP contribution in [0.3, 0.4) is 0 Å². The van der Waals surface area contributed by atoms with Crippen LogP contribution in [0.15, 0.2) is 41.0 Å². The molecule has 4 aliphatic rings. The van der Waals surface area contributed by atoms with Crippen LogP contribution in [0.4, 0.5) is 0 Å². The second-order valence-electron chi connectivity index (χ2n) is 7.79. The molecular formula is C21H23N3O2. The Kier molecular flexibility index (Phi) is 2.95. The molecule has 1 N–H and O–H groups in total. The lowest BCUT2D eigenvalue weighted by Gasteiger charge is -2.61. The van der Waals surface area contributed by atoms with Crippen LogP contribution >= 0.6 is 0 Å². The molecule has 5 nitrogen and oxygen atoms in total. The number of furan rings is 1. The zero-order chi connectivity index (χ0) is 17.3. The quantitative estimate of drug-likeness (QED) is 0.767. The summed E-state index contributed by atoms with van der Waals surface area (Å²) in [4.78, 5) is 9.07. The molecule has 3 aromatic rings. The lowest BCUT2D eigenvalue weighted by atomic mass is 9.74. The Bertz CT molecular complexity index is 967. The summed E-state index contributed by atoms with van der Waals surface area (Å²) in [6.45, 7) is 3.32. The normalized spacial score (nSPS) is 30.3. The Hall–Kier alpha value is -2.24. The van der Waals surface area contributed by atoms with Crippen molar-refractivity contribution < 1.29 is 9.15 Å². The van der Waals surface area contributed by atoms with Crippen LogP contribution in [0.2, 0.25) is 0 Å². The van der Waals surface area contributed by atoms with Gasteiger partial charge in [-0.05, 0) is 55.2 Å². The number of ether oxygens (including phenoxy) is 1. The van der Waals surface area contributed by atoms with Crippen molar-refractivity contribution in [1.29, 1.82) is 0 Å². The van der Waals surface area contributed by atoms with Gasteiger partial charge in [-0.2, -0.15) is 0 Å². The summed E-state index contributed by atoms with van der Waals surface area (Å²) in [6, 6.07) is 10.5. The lowest BCUT2D eigenvalue weighted by Crippen LogP contribution is -2.66. The number of hydrogen-bond donors (Lipinski definition) is 1. The number of piperidine rings is 1. The second kappa shape index (κ2) is 5.15. The number of methoxy groups -OCH3 is 1. The number of hydrogen-bond acceptors (Lipinski definition) is 4. The zero-order valence-electron chi connectivity index (χ0n) is 15.0. The van der Waals surface area contributed by atoms with Crippen LogP contribution in [0.5, 0.6) is 5.75 Å². The number of fused-ring (bicyclic) bond motifs is 5. The van der Waals surface area contributed by atoms with Crippen LogP contribution in [0.25, 0.3) is 10.9 Å². The molecular weight excluding hydrogens is 326 g/mol. The van der Waals surface area contributed by atoms with Gasteiger partial charge in [-0.25, -0.2) is 0 Å². The fraction of sp³-hybridized carbons (Fsp3) is 0.429. The fourth-order valence-electron chi connectivity index (χ4n) is 5.60. The van der Waals surface area contributed by atoms with Crippen LogP contribution in [-0.4, -0.2) is 41.5 Å². The van der Waals surface area contributed by atoms with Gasteiger partial charge in [0.05, 0.1) is 18.9 Å². The standard InChI is InChI=1S/C21H23N3O2/c1-25-14-4-5-17-16(13-14)15-6-9-24-20(18-3-2-12-26-18)23-10-7-21(24,8-11-23)19(15)22-17/h2-5,12-13,20,22H,6-11H2,1H3/t20-/m1/s1. The van der Waals surface area contributed by atoms with E-state index in [0.717, 1.165) is 37.6 Å². The number of aromatic amines is 1. The third-order valence-corrected chi connectivity index (χ3v) is 6.80. The summed E-state index contributed by atoms with van der Waals surface area (Å²) in [6.07, 6.45) is 5.50. The van der Waals surface area contributed by atoms with Crippen LogP contribution in [0.1, 0.15) is 36.0 Å². The first-order valence-electron chi connectivity index (χ1n) is 9.53. The van der Waals surface area contributed by atoms with E-state index in [1.54, 1.807) is 13.4 Å². The SMILES string of the molecule is COc1ccc2[nH]c3c(c2c1)CCN1[C@H](c2ccco2)N2CCC31CC2. The monoisotopic (exact) mass is 349 g/mol. The molecule has 0 amide bonds. The molecule has 5 heteroatoms. The summed E-state index contributed by atoms with van der Waals surface area (Å²) < 4.78 is 11.3. The highest BCUT2D eigenvalue weighted by Gasteiger charge is 2.55. The van der Waals surface area contributed by atoms with Crippen molar-refractivity contribution in [2.24, 2.45) is 0 Å². The third kappa shape index (κ3) is 1.77. The van der Waals surface area contributed by atoms with Gasteiger partial charge in [0, 0.05) is 36.2 Å². The summed E-state index contributed by atoms with van der Waals surface area (Å²) in [7, 11) is 1.74. The first-order chi connectivity index (χ1) is 12.8. The van der Waals surface area contributed by atoms with Gasteiger partial charge in [-0.15, -0.1) is 0 Å². The van der Waals surface area contributed by atoms with E-state index in [9.17, 15) is 0 Å². The van der Waals surface area contributed by atoms with Crippen LogP contribution in [-0.2, 0) is 12.0 Å². The van der Waals surface area contributed by atoms with Crippen molar-refractivity contribution >= 4 is 10.9 Å². The Balaban J connectivity index is 1.53. The van der Waals surface area contributed by atoms with Gasteiger partial charge in [0.2, 0.25) is 0 Å². The lowest BCUT2D eigenvalue weighted by molar-refractivity contribution is -0.155. The molecule has 4 aliphatic heterocycles. The maximum Gasteiger partial charge on any atom is 0.135 e. The smallest absolute Gasteiger partial charge is 0.135 e. The minimum atomic E-state index is 0.103. The van der Waals surface area contributed by atoms with E-state index in [4.69, 9.17) is 9.15 Å². The number of H-pyrrole nitrogens is 1. The molecule has 3 fully saturated rings. The minimum absolute atomic E-state index is 0.103. The predicted molar refractivity (Wildman–Crippen MR) is 99.2 cm³/mol. The Labute approximate surface area is 152 Å². The summed E-state index contributed by atoms with van der Waals surface area (Å²) >= 11 is 0. The number of aromatic nitrogens is 1. The largest absolute Gasteiger partial charge is 0.497 e. The van der Waals surface area contributed by atoms with E-state index in [0.29, 0.717) is 0 Å². The first-order valence-corrected chi connectivity index (χ1v) is 9.53. The summed E-state index contributed by atoms with van der Waals surface area (Å²) in [5, 5.41) is 1.33. The molecule has 6 heterocycles. The van der Waals surface area contributed by atoms with Gasteiger partial charge in [-0.3, -0.25) is 9.80 Å². The first kappa shape index (κ1) is 14.9. The van der Waals surface area contributed by atoms with Crippen molar-refractivity contribution in [1.82, 2.24) is 14.8 Å². The van der Waals surface area contributed by atoms with Crippen molar-refractivity contribution in [3.63, 3.8) is 0 Å². The van der Waals surface area contributed by atoms with Crippen molar-refractivity contribution in [3.05, 3.63) is 53.6 Å². The van der Waals surface area contributed by atoms with Gasteiger partial charge < -0.3 is 14.1 Å². The third-order valence-electron chi connectivity index (χ3n) is 6.80.